The lowest BCUT2D eigenvalue weighted by atomic mass is 9.95. The maximum absolute atomic E-state index is 13.4. The van der Waals surface area contributed by atoms with Crippen molar-refractivity contribution in [3.63, 3.8) is 0 Å². The Balaban J connectivity index is 2.32. The zero-order valence-corrected chi connectivity index (χ0v) is 7.76. The lowest BCUT2D eigenvalue weighted by Gasteiger charge is -2.11. The molecule has 2 N–H and O–H groups in total. The van der Waals surface area contributed by atoms with Crippen molar-refractivity contribution >= 4 is 0 Å². The molecule has 0 heterocycles. The third-order valence-corrected chi connectivity index (χ3v) is 3.19. The second kappa shape index (κ2) is 2.81. The topological polar surface area (TPSA) is 26.0 Å². The van der Waals surface area contributed by atoms with E-state index in [0.29, 0.717) is 12.5 Å². The number of hydrogen-bond donors (Lipinski definition) is 1. The normalized spacial score (nSPS) is 31.8. The van der Waals surface area contributed by atoms with Crippen LogP contribution in [0.3, 0.4) is 0 Å². The smallest absolute Gasteiger partial charge is 0.126 e. The van der Waals surface area contributed by atoms with Crippen molar-refractivity contribution in [3.8, 4) is 0 Å². The number of halogens is 1. The highest BCUT2D eigenvalue weighted by molar-refractivity contribution is 5.33. The molecule has 1 aliphatic rings. The molecule has 1 fully saturated rings. The van der Waals surface area contributed by atoms with Gasteiger partial charge in [-0.3, -0.25) is 0 Å². The van der Waals surface area contributed by atoms with Crippen molar-refractivity contribution in [3.05, 3.63) is 35.6 Å². The van der Waals surface area contributed by atoms with Crippen LogP contribution in [0.4, 0.5) is 4.39 Å². The van der Waals surface area contributed by atoms with Gasteiger partial charge in [-0.2, -0.15) is 0 Å². The molecule has 2 unspecified atom stereocenters. The largest absolute Gasteiger partial charge is 0.330 e. The van der Waals surface area contributed by atoms with Crippen molar-refractivity contribution in [2.75, 3.05) is 6.54 Å². The van der Waals surface area contributed by atoms with E-state index in [9.17, 15) is 4.39 Å². The van der Waals surface area contributed by atoms with Crippen molar-refractivity contribution in [1.82, 2.24) is 0 Å². The van der Waals surface area contributed by atoms with Crippen LogP contribution in [0, 0.1) is 11.7 Å². The Morgan fingerprint density at radius 2 is 2.23 bits per heavy atom. The highest BCUT2D eigenvalue weighted by atomic mass is 19.1. The van der Waals surface area contributed by atoms with E-state index in [1.54, 1.807) is 6.07 Å². The van der Waals surface area contributed by atoms with Crippen LogP contribution < -0.4 is 5.73 Å². The fraction of sp³-hybridized carbons (Fsp3) is 0.455. The summed E-state index contributed by atoms with van der Waals surface area (Å²) in [6.45, 7) is 2.74. The maximum Gasteiger partial charge on any atom is 0.126 e. The first-order valence-corrected chi connectivity index (χ1v) is 4.63. The minimum Gasteiger partial charge on any atom is -0.330 e. The van der Waals surface area contributed by atoms with Crippen molar-refractivity contribution < 1.29 is 4.39 Å². The summed E-state index contributed by atoms with van der Waals surface area (Å²) in [4.78, 5) is 0. The summed E-state index contributed by atoms with van der Waals surface area (Å²) in [6.07, 6.45) is 1.02. The summed E-state index contributed by atoms with van der Waals surface area (Å²) in [7, 11) is 0. The minimum atomic E-state index is -0.0963. The van der Waals surface area contributed by atoms with Gasteiger partial charge in [-0.15, -0.1) is 0 Å². The van der Waals surface area contributed by atoms with Gasteiger partial charge in [0.2, 0.25) is 0 Å². The molecular weight excluding hydrogens is 165 g/mol. The Hall–Kier alpha value is -0.890. The molecule has 0 saturated heterocycles. The van der Waals surface area contributed by atoms with Crippen LogP contribution in [-0.4, -0.2) is 6.54 Å². The molecule has 1 aromatic rings. The predicted octanol–water partition coefficient (Wildman–Crippen LogP) is 2.06. The summed E-state index contributed by atoms with van der Waals surface area (Å²) >= 11 is 0. The van der Waals surface area contributed by atoms with Crippen LogP contribution in [0.15, 0.2) is 24.3 Å². The van der Waals surface area contributed by atoms with E-state index in [1.807, 2.05) is 12.1 Å². The van der Waals surface area contributed by atoms with Gasteiger partial charge in [-0.1, -0.05) is 25.1 Å². The molecule has 70 valence electrons. The molecule has 1 saturated carbocycles. The van der Waals surface area contributed by atoms with E-state index < -0.39 is 0 Å². The monoisotopic (exact) mass is 179 g/mol. The van der Waals surface area contributed by atoms with Gasteiger partial charge in [0.15, 0.2) is 0 Å². The molecule has 0 radical (unpaired) electrons. The molecule has 0 bridgehead atoms. The van der Waals surface area contributed by atoms with Gasteiger partial charge in [-0.25, -0.2) is 4.39 Å². The first kappa shape index (κ1) is 8.70. The van der Waals surface area contributed by atoms with Crippen LogP contribution in [0.5, 0.6) is 0 Å². The number of benzene rings is 1. The predicted molar refractivity (Wildman–Crippen MR) is 50.9 cm³/mol. The average molecular weight is 179 g/mol. The highest BCUT2D eigenvalue weighted by Crippen LogP contribution is 2.53. The lowest BCUT2D eigenvalue weighted by molar-refractivity contribution is 0.566. The number of nitrogens with two attached hydrogens (primary N) is 1. The maximum atomic E-state index is 13.4. The fourth-order valence-corrected chi connectivity index (χ4v) is 2.05. The first-order valence-electron chi connectivity index (χ1n) is 4.63. The van der Waals surface area contributed by atoms with Gasteiger partial charge in [0.1, 0.15) is 5.82 Å². The van der Waals surface area contributed by atoms with Crippen molar-refractivity contribution in [2.45, 2.75) is 18.8 Å². The second-order valence-corrected chi connectivity index (χ2v) is 4.03. The fourth-order valence-electron chi connectivity index (χ4n) is 2.05. The van der Waals surface area contributed by atoms with Gasteiger partial charge in [0.05, 0.1) is 0 Å². The molecule has 2 heteroatoms. The minimum absolute atomic E-state index is 0.0000926. The van der Waals surface area contributed by atoms with Gasteiger partial charge in [-0.05, 0) is 35.9 Å². The van der Waals surface area contributed by atoms with E-state index >= 15 is 0 Å². The third kappa shape index (κ3) is 1.25. The average Bonchev–Trinajstić information content (AvgIpc) is 2.79. The van der Waals surface area contributed by atoms with E-state index in [-0.39, 0.29) is 11.2 Å². The van der Waals surface area contributed by atoms with Gasteiger partial charge < -0.3 is 5.73 Å². The molecule has 1 nitrogen and oxygen atoms in total. The Morgan fingerprint density at radius 1 is 1.54 bits per heavy atom. The Labute approximate surface area is 77.8 Å². The molecule has 1 aliphatic carbocycles. The van der Waals surface area contributed by atoms with Crippen LogP contribution in [0.25, 0.3) is 0 Å². The second-order valence-electron chi connectivity index (χ2n) is 4.03. The van der Waals surface area contributed by atoms with Gasteiger partial charge in [0.25, 0.3) is 0 Å². The van der Waals surface area contributed by atoms with Crippen LogP contribution in [-0.2, 0) is 5.41 Å². The highest BCUT2D eigenvalue weighted by Gasteiger charge is 2.51. The summed E-state index contributed by atoms with van der Waals surface area (Å²) in [5.74, 6) is 0.366. The van der Waals surface area contributed by atoms with Crippen molar-refractivity contribution in [1.29, 1.82) is 0 Å². The summed E-state index contributed by atoms with van der Waals surface area (Å²) in [6, 6.07) is 7.00. The van der Waals surface area contributed by atoms with Crippen LogP contribution in [0.2, 0.25) is 0 Å². The molecule has 0 aromatic heterocycles. The first-order chi connectivity index (χ1) is 6.18. The lowest BCUT2D eigenvalue weighted by Crippen LogP contribution is -2.13. The zero-order chi connectivity index (χ0) is 9.47. The van der Waals surface area contributed by atoms with Gasteiger partial charge in [0, 0.05) is 0 Å². The van der Waals surface area contributed by atoms with Gasteiger partial charge >= 0.3 is 0 Å². The molecular formula is C11H14FN. The molecule has 0 aliphatic heterocycles. The molecule has 0 spiro atoms. The Bertz CT molecular complexity index is 324. The molecule has 2 rings (SSSR count). The Kier molecular flexibility index (Phi) is 1.88. The molecule has 0 amide bonds. The van der Waals surface area contributed by atoms with Crippen LogP contribution >= 0.6 is 0 Å². The summed E-state index contributed by atoms with van der Waals surface area (Å²) in [5, 5.41) is 0. The summed E-state index contributed by atoms with van der Waals surface area (Å²) in [5.41, 5.74) is 6.40. The van der Waals surface area contributed by atoms with E-state index in [0.717, 1.165) is 12.0 Å². The molecule has 13 heavy (non-hydrogen) atoms. The number of rotatable bonds is 2. The molecule has 1 aromatic carbocycles. The van der Waals surface area contributed by atoms with Crippen molar-refractivity contribution in [2.24, 2.45) is 11.7 Å². The quantitative estimate of drug-likeness (QED) is 0.739. The van der Waals surface area contributed by atoms with E-state index in [2.05, 4.69) is 6.92 Å². The SMILES string of the molecule is CC1(c2ccccc2F)CC1CN. The van der Waals surface area contributed by atoms with E-state index in [1.165, 1.54) is 6.07 Å². The van der Waals surface area contributed by atoms with Crippen LogP contribution in [0.1, 0.15) is 18.9 Å². The zero-order valence-electron chi connectivity index (χ0n) is 7.76. The standard InChI is InChI=1S/C11H14FN/c1-11(6-8(11)7-13)9-4-2-3-5-10(9)12/h2-5,8H,6-7,13H2,1H3. The summed E-state index contributed by atoms with van der Waals surface area (Å²) < 4.78 is 13.4. The van der Waals surface area contributed by atoms with E-state index in [4.69, 9.17) is 5.73 Å². The Morgan fingerprint density at radius 3 is 2.77 bits per heavy atom. The number of hydrogen-bond acceptors (Lipinski definition) is 1. The third-order valence-electron chi connectivity index (χ3n) is 3.19. The molecule has 2 atom stereocenters.